The van der Waals surface area contributed by atoms with Gasteiger partial charge in [0.25, 0.3) is 0 Å². The summed E-state index contributed by atoms with van der Waals surface area (Å²) in [5.41, 5.74) is 1.91. The first-order valence-electron chi connectivity index (χ1n) is 9.01. The summed E-state index contributed by atoms with van der Waals surface area (Å²) in [6, 6.07) is 7.73. The lowest BCUT2D eigenvalue weighted by molar-refractivity contribution is 0.105. The van der Waals surface area contributed by atoms with E-state index in [0.29, 0.717) is 49.5 Å². The van der Waals surface area contributed by atoms with Crippen LogP contribution in [0.2, 0.25) is 5.02 Å². The van der Waals surface area contributed by atoms with Gasteiger partial charge in [-0.2, -0.15) is 0 Å². The van der Waals surface area contributed by atoms with Gasteiger partial charge in [0.05, 0.1) is 6.61 Å². The number of halogens is 1. The predicted octanol–water partition coefficient (Wildman–Crippen LogP) is 3.77. The Labute approximate surface area is 164 Å². The molecular weight excluding hydrogens is 366 g/mol. The Morgan fingerprint density at radius 1 is 1.19 bits per heavy atom. The normalized spacial score (nSPS) is 14.2. The summed E-state index contributed by atoms with van der Waals surface area (Å²) in [5, 5.41) is 4.00. The number of anilines is 3. The molecule has 1 saturated heterocycles. The molecule has 1 aromatic carbocycles. The van der Waals surface area contributed by atoms with Crippen molar-refractivity contribution in [2.45, 2.75) is 20.8 Å². The van der Waals surface area contributed by atoms with Gasteiger partial charge in [-0.25, -0.2) is 14.8 Å². The molecule has 3 rings (SSSR count). The topological polar surface area (TPSA) is 70.6 Å². The maximum Gasteiger partial charge on any atom is 0.409 e. The van der Waals surface area contributed by atoms with Crippen LogP contribution in [-0.2, 0) is 4.74 Å². The molecule has 1 aliphatic rings. The van der Waals surface area contributed by atoms with Crippen LogP contribution in [0.3, 0.4) is 0 Å². The molecular formula is C19H24ClN5O2. The molecule has 2 aromatic rings. The summed E-state index contributed by atoms with van der Waals surface area (Å²) in [4.78, 5) is 24.7. The Morgan fingerprint density at radius 2 is 1.93 bits per heavy atom. The first-order chi connectivity index (χ1) is 13.0. The SMILES string of the molecule is CCOC(=O)N1CCN(c2cc(Nc3ccc(C)c(Cl)c3)nc(C)n2)CC1. The van der Waals surface area contributed by atoms with Crippen molar-refractivity contribution in [2.75, 3.05) is 43.0 Å². The predicted molar refractivity (Wildman–Crippen MR) is 107 cm³/mol. The first kappa shape index (κ1) is 19.2. The van der Waals surface area contributed by atoms with E-state index in [1.807, 2.05) is 45.0 Å². The van der Waals surface area contributed by atoms with Crippen LogP contribution in [0.15, 0.2) is 24.3 Å². The molecule has 0 bridgehead atoms. The lowest BCUT2D eigenvalue weighted by atomic mass is 10.2. The summed E-state index contributed by atoms with van der Waals surface area (Å²) in [7, 11) is 0. The summed E-state index contributed by atoms with van der Waals surface area (Å²) in [6.07, 6.45) is -0.255. The minimum Gasteiger partial charge on any atom is -0.450 e. The van der Waals surface area contributed by atoms with Gasteiger partial charge in [0.15, 0.2) is 0 Å². The first-order valence-corrected chi connectivity index (χ1v) is 9.39. The summed E-state index contributed by atoms with van der Waals surface area (Å²) >= 11 is 6.20. The molecule has 0 atom stereocenters. The number of ether oxygens (including phenoxy) is 1. The largest absolute Gasteiger partial charge is 0.450 e. The van der Waals surface area contributed by atoms with Gasteiger partial charge >= 0.3 is 6.09 Å². The van der Waals surface area contributed by atoms with Gasteiger partial charge in [-0.05, 0) is 38.5 Å². The van der Waals surface area contributed by atoms with E-state index in [0.717, 1.165) is 17.1 Å². The number of carbonyl (C=O) groups excluding carboxylic acids is 1. The van der Waals surface area contributed by atoms with E-state index in [1.165, 1.54) is 0 Å². The quantitative estimate of drug-likeness (QED) is 0.858. The molecule has 1 aliphatic heterocycles. The van der Waals surface area contributed by atoms with E-state index in [4.69, 9.17) is 16.3 Å². The minimum absolute atomic E-state index is 0.255. The lowest BCUT2D eigenvalue weighted by Crippen LogP contribution is -2.49. The fourth-order valence-electron chi connectivity index (χ4n) is 2.93. The fraction of sp³-hybridized carbons (Fsp3) is 0.421. The van der Waals surface area contributed by atoms with Crippen LogP contribution in [0, 0.1) is 13.8 Å². The van der Waals surface area contributed by atoms with E-state index < -0.39 is 0 Å². The summed E-state index contributed by atoms with van der Waals surface area (Å²) < 4.78 is 5.07. The minimum atomic E-state index is -0.255. The van der Waals surface area contributed by atoms with Crippen molar-refractivity contribution in [3.63, 3.8) is 0 Å². The average Bonchev–Trinajstić information content (AvgIpc) is 2.65. The zero-order chi connectivity index (χ0) is 19.4. The smallest absolute Gasteiger partial charge is 0.409 e. The van der Waals surface area contributed by atoms with Gasteiger partial charge in [0, 0.05) is 43.0 Å². The van der Waals surface area contributed by atoms with E-state index in [1.54, 1.807) is 4.90 Å². The standard InChI is InChI=1S/C19H24ClN5O2/c1-4-27-19(26)25-9-7-24(8-10-25)18-12-17(21-14(3)22-18)23-15-6-5-13(2)16(20)11-15/h5-6,11-12H,4,7-10H2,1-3H3,(H,21,22,23). The van der Waals surface area contributed by atoms with Crippen LogP contribution in [0.4, 0.5) is 22.1 Å². The van der Waals surface area contributed by atoms with E-state index >= 15 is 0 Å². The van der Waals surface area contributed by atoms with Crippen LogP contribution in [0.1, 0.15) is 18.3 Å². The van der Waals surface area contributed by atoms with Crippen LogP contribution in [0.5, 0.6) is 0 Å². The molecule has 27 heavy (non-hydrogen) atoms. The maximum atomic E-state index is 11.8. The van der Waals surface area contributed by atoms with Gasteiger partial charge in [0.2, 0.25) is 0 Å². The number of piperazine rings is 1. The van der Waals surface area contributed by atoms with Gasteiger partial charge in [0.1, 0.15) is 17.5 Å². The highest BCUT2D eigenvalue weighted by molar-refractivity contribution is 6.31. The number of amides is 1. The molecule has 8 heteroatoms. The third-order valence-electron chi connectivity index (χ3n) is 4.40. The van der Waals surface area contributed by atoms with Crippen LogP contribution in [0.25, 0.3) is 0 Å². The van der Waals surface area contributed by atoms with Crippen molar-refractivity contribution in [2.24, 2.45) is 0 Å². The number of nitrogens with one attached hydrogen (secondary N) is 1. The number of hydrogen-bond donors (Lipinski definition) is 1. The second-order valence-corrected chi connectivity index (χ2v) is 6.83. The van der Waals surface area contributed by atoms with E-state index in [2.05, 4.69) is 20.2 Å². The van der Waals surface area contributed by atoms with Crippen molar-refractivity contribution >= 4 is 35.0 Å². The molecule has 1 amide bonds. The molecule has 1 fully saturated rings. The number of rotatable bonds is 4. The molecule has 0 aliphatic carbocycles. The fourth-order valence-corrected chi connectivity index (χ4v) is 3.11. The molecule has 0 spiro atoms. The average molecular weight is 390 g/mol. The van der Waals surface area contributed by atoms with Crippen LogP contribution >= 0.6 is 11.6 Å². The number of benzene rings is 1. The molecule has 2 heterocycles. The Bertz CT molecular complexity index is 822. The van der Waals surface area contributed by atoms with Crippen molar-refractivity contribution in [1.29, 1.82) is 0 Å². The van der Waals surface area contributed by atoms with Gasteiger partial charge < -0.3 is 19.9 Å². The van der Waals surface area contributed by atoms with Crippen molar-refractivity contribution < 1.29 is 9.53 Å². The van der Waals surface area contributed by atoms with Crippen LogP contribution in [-0.4, -0.2) is 53.7 Å². The van der Waals surface area contributed by atoms with Crippen molar-refractivity contribution in [3.05, 3.63) is 40.7 Å². The van der Waals surface area contributed by atoms with Crippen LogP contribution < -0.4 is 10.2 Å². The highest BCUT2D eigenvalue weighted by Gasteiger charge is 2.23. The molecule has 1 N–H and O–H groups in total. The van der Waals surface area contributed by atoms with Gasteiger partial charge in [-0.1, -0.05) is 17.7 Å². The molecule has 1 aromatic heterocycles. The second kappa shape index (κ2) is 8.43. The third kappa shape index (κ3) is 4.80. The van der Waals surface area contributed by atoms with Crippen molar-refractivity contribution in [1.82, 2.24) is 14.9 Å². The molecule has 0 radical (unpaired) electrons. The molecule has 144 valence electrons. The number of hydrogen-bond acceptors (Lipinski definition) is 6. The lowest BCUT2D eigenvalue weighted by Gasteiger charge is -2.34. The number of carbonyl (C=O) groups is 1. The zero-order valence-corrected chi connectivity index (χ0v) is 16.6. The monoisotopic (exact) mass is 389 g/mol. The number of nitrogens with zero attached hydrogens (tertiary/aromatic N) is 4. The Kier molecular flexibility index (Phi) is 6.01. The Morgan fingerprint density at radius 3 is 2.59 bits per heavy atom. The highest BCUT2D eigenvalue weighted by Crippen LogP contribution is 2.24. The van der Waals surface area contributed by atoms with Gasteiger partial charge in [-0.15, -0.1) is 0 Å². The third-order valence-corrected chi connectivity index (χ3v) is 4.81. The molecule has 0 saturated carbocycles. The Hall–Kier alpha value is -2.54. The zero-order valence-electron chi connectivity index (χ0n) is 15.8. The number of aryl methyl sites for hydroxylation is 2. The number of aromatic nitrogens is 2. The maximum absolute atomic E-state index is 11.8. The summed E-state index contributed by atoms with van der Waals surface area (Å²) in [6.45, 7) is 8.66. The molecule has 0 unspecified atom stereocenters. The second-order valence-electron chi connectivity index (χ2n) is 6.42. The highest BCUT2D eigenvalue weighted by atomic mass is 35.5. The molecule has 7 nitrogen and oxygen atoms in total. The summed E-state index contributed by atoms with van der Waals surface area (Å²) in [5.74, 6) is 2.23. The van der Waals surface area contributed by atoms with Gasteiger partial charge in [-0.3, -0.25) is 0 Å². The Balaban J connectivity index is 1.70. The van der Waals surface area contributed by atoms with E-state index in [-0.39, 0.29) is 6.09 Å². The van der Waals surface area contributed by atoms with E-state index in [9.17, 15) is 4.79 Å². The van der Waals surface area contributed by atoms with Crippen molar-refractivity contribution in [3.8, 4) is 0 Å².